The molecular weight excluding hydrogens is 466 g/mol. The van der Waals surface area contributed by atoms with Crippen molar-refractivity contribution in [1.29, 1.82) is 0 Å². The molecule has 1 amide bonds. The van der Waals surface area contributed by atoms with Crippen LogP contribution in [0, 0.1) is 0 Å². The molecule has 0 atom stereocenters. The van der Waals surface area contributed by atoms with E-state index in [4.69, 9.17) is 16.0 Å². The lowest BCUT2D eigenvalue weighted by Gasteiger charge is -2.06. The minimum Gasteiger partial charge on any atom is -0.455 e. The maximum atomic E-state index is 12.5. The largest absolute Gasteiger partial charge is 0.455 e. The number of carbonyl (C=O) groups is 1. The second-order valence-electron chi connectivity index (χ2n) is 6.58. The third-order valence-electron chi connectivity index (χ3n) is 4.34. The van der Waals surface area contributed by atoms with Crippen LogP contribution in [0.2, 0.25) is 5.02 Å². The fourth-order valence-electron chi connectivity index (χ4n) is 2.77. The highest BCUT2D eigenvalue weighted by Crippen LogP contribution is 2.24. The number of furan rings is 1. The standard InChI is InChI=1S/C22H16ClN5O4S/c23-19-5-2-1-4-18(19)21(29)27-26-14-16-8-11-20(32-16)15-6-9-17(10-7-15)33(30,31)28-22-24-12-3-13-25-22/h1-14H,(H,27,29)(H,24,25,28). The van der Waals surface area contributed by atoms with E-state index in [9.17, 15) is 13.2 Å². The second kappa shape index (κ2) is 9.63. The SMILES string of the molecule is O=C(NN=Cc1ccc(-c2ccc(S(=O)(=O)Nc3ncccn3)cc2)o1)c1ccccc1Cl. The van der Waals surface area contributed by atoms with Crippen LogP contribution in [0.15, 0.2) is 93.5 Å². The Hall–Kier alpha value is -4.02. The molecule has 166 valence electrons. The maximum Gasteiger partial charge on any atom is 0.272 e. The number of carbonyl (C=O) groups excluding carboxylic acids is 1. The first kappa shape index (κ1) is 22.2. The third kappa shape index (κ3) is 5.43. The molecule has 4 aromatic rings. The van der Waals surface area contributed by atoms with Crippen LogP contribution in [0.25, 0.3) is 11.3 Å². The van der Waals surface area contributed by atoms with Gasteiger partial charge in [-0.25, -0.2) is 28.5 Å². The molecule has 2 aromatic carbocycles. The Bertz CT molecular complexity index is 1400. The van der Waals surface area contributed by atoms with Gasteiger partial charge in [-0.1, -0.05) is 23.7 Å². The number of nitrogens with one attached hydrogen (secondary N) is 2. The van der Waals surface area contributed by atoms with Crippen molar-refractivity contribution in [2.45, 2.75) is 4.90 Å². The van der Waals surface area contributed by atoms with Crippen LogP contribution in [-0.4, -0.2) is 30.5 Å². The molecule has 2 aromatic heterocycles. The minimum atomic E-state index is -3.83. The number of anilines is 1. The Morgan fingerprint density at radius 3 is 2.42 bits per heavy atom. The Kier molecular flexibility index (Phi) is 6.48. The van der Waals surface area contributed by atoms with E-state index in [0.717, 1.165) is 0 Å². The summed E-state index contributed by atoms with van der Waals surface area (Å²) in [5.41, 5.74) is 3.35. The van der Waals surface area contributed by atoms with Crippen molar-refractivity contribution in [2.24, 2.45) is 5.10 Å². The number of benzene rings is 2. The van der Waals surface area contributed by atoms with E-state index in [0.29, 0.717) is 27.7 Å². The van der Waals surface area contributed by atoms with E-state index in [2.05, 4.69) is 25.2 Å². The van der Waals surface area contributed by atoms with Crippen LogP contribution in [-0.2, 0) is 10.0 Å². The van der Waals surface area contributed by atoms with E-state index in [1.165, 1.54) is 30.7 Å². The summed E-state index contributed by atoms with van der Waals surface area (Å²) < 4.78 is 33.0. The van der Waals surface area contributed by atoms with E-state index < -0.39 is 15.9 Å². The number of aromatic nitrogens is 2. The van der Waals surface area contributed by atoms with Crippen LogP contribution in [0.5, 0.6) is 0 Å². The minimum absolute atomic E-state index is 0.0156. The van der Waals surface area contributed by atoms with Gasteiger partial charge >= 0.3 is 0 Å². The Labute approximate surface area is 194 Å². The zero-order chi connectivity index (χ0) is 23.3. The van der Waals surface area contributed by atoms with E-state index in [1.54, 1.807) is 54.6 Å². The topological polar surface area (TPSA) is 127 Å². The predicted molar refractivity (Wildman–Crippen MR) is 123 cm³/mol. The van der Waals surface area contributed by atoms with Gasteiger partial charge in [-0.3, -0.25) is 4.79 Å². The molecule has 0 aliphatic rings. The predicted octanol–water partition coefficient (Wildman–Crippen LogP) is 3.95. The number of hydrogen-bond donors (Lipinski definition) is 2. The molecule has 2 heterocycles. The molecule has 4 rings (SSSR count). The van der Waals surface area contributed by atoms with E-state index >= 15 is 0 Å². The molecule has 9 nitrogen and oxygen atoms in total. The molecule has 0 radical (unpaired) electrons. The molecule has 0 aliphatic carbocycles. The van der Waals surface area contributed by atoms with Crippen molar-refractivity contribution in [3.63, 3.8) is 0 Å². The van der Waals surface area contributed by atoms with Gasteiger partial charge in [-0.05, 0) is 54.6 Å². The second-order valence-corrected chi connectivity index (χ2v) is 8.67. The van der Waals surface area contributed by atoms with Gasteiger partial charge < -0.3 is 4.42 Å². The van der Waals surface area contributed by atoms with Crippen molar-refractivity contribution in [2.75, 3.05) is 4.72 Å². The average molecular weight is 482 g/mol. The molecule has 0 fully saturated rings. The Morgan fingerprint density at radius 1 is 0.970 bits per heavy atom. The number of hydrazone groups is 1. The quantitative estimate of drug-likeness (QED) is 0.304. The van der Waals surface area contributed by atoms with Crippen molar-refractivity contribution in [3.05, 3.63) is 95.5 Å². The first-order valence-corrected chi connectivity index (χ1v) is 11.4. The number of hydrogen-bond acceptors (Lipinski definition) is 7. The van der Waals surface area contributed by atoms with Crippen molar-refractivity contribution in [1.82, 2.24) is 15.4 Å². The first-order valence-electron chi connectivity index (χ1n) is 9.50. The van der Waals surface area contributed by atoms with E-state index in [-0.39, 0.29) is 10.8 Å². The van der Waals surface area contributed by atoms with Crippen LogP contribution in [0.4, 0.5) is 5.95 Å². The van der Waals surface area contributed by atoms with Gasteiger partial charge in [0.05, 0.1) is 21.7 Å². The monoisotopic (exact) mass is 481 g/mol. The highest BCUT2D eigenvalue weighted by molar-refractivity contribution is 7.92. The van der Waals surface area contributed by atoms with Gasteiger partial charge in [0, 0.05) is 18.0 Å². The first-order chi connectivity index (χ1) is 15.9. The number of nitrogens with zero attached hydrogens (tertiary/aromatic N) is 3. The zero-order valence-electron chi connectivity index (χ0n) is 16.8. The molecule has 2 N–H and O–H groups in total. The molecule has 33 heavy (non-hydrogen) atoms. The molecule has 0 unspecified atom stereocenters. The van der Waals surface area contributed by atoms with Crippen molar-refractivity contribution >= 4 is 39.7 Å². The van der Waals surface area contributed by atoms with Crippen molar-refractivity contribution < 1.29 is 17.6 Å². The van der Waals surface area contributed by atoms with Crippen LogP contribution in [0.3, 0.4) is 0 Å². The summed E-state index contributed by atoms with van der Waals surface area (Å²) in [7, 11) is -3.83. The molecule has 0 bridgehead atoms. The summed E-state index contributed by atoms with van der Waals surface area (Å²) in [6.07, 6.45) is 4.23. The molecule has 0 spiro atoms. The molecule has 0 aliphatic heterocycles. The fraction of sp³-hybridized carbons (Fsp3) is 0. The lowest BCUT2D eigenvalue weighted by atomic mass is 10.2. The van der Waals surface area contributed by atoms with Gasteiger partial charge in [0.15, 0.2) is 0 Å². The number of sulfonamides is 1. The molecule has 0 saturated carbocycles. The average Bonchev–Trinajstić information content (AvgIpc) is 3.29. The molecule has 0 saturated heterocycles. The lowest BCUT2D eigenvalue weighted by molar-refractivity contribution is 0.0955. The summed E-state index contributed by atoms with van der Waals surface area (Å²) in [5.74, 6) is 0.425. The molecular formula is C22H16ClN5O4S. The summed E-state index contributed by atoms with van der Waals surface area (Å²) in [6, 6.07) is 17.7. The van der Waals surface area contributed by atoms with E-state index in [1.807, 2.05) is 0 Å². The Balaban J connectivity index is 1.41. The van der Waals surface area contributed by atoms with Crippen LogP contribution in [0.1, 0.15) is 16.1 Å². The van der Waals surface area contributed by atoms with Gasteiger partial charge in [-0.2, -0.15) is 5.10 Å². The van der Waals surface area contributed by atoms with Gasteiger partial charge in [0.2, 0.25) is 5.95 Å². The van der Waals surface area contributed by atoms with Gasteiger partial charge in [0.1, 0.15) is 11.5 Å². The Morgan fingerprint density at radius 2 is 1.70 bits per heavy atom. The third-order valence-corrected chi connectivity index (χ3v) is 6.02. The van der Waals surface area contributed by atoms with Crippen molar-refractivity contribution in [3.8, 4) is 11.3 Å². The number of rotatable bonds is 7. The highest BCUT2D eigenvalue weighted by Gasteiger charge is 2.16. The zero-order valence-corrected chi connectivity index (χ0v) is 18.4. The summed E-state index contributed by atoms with van der Waals surface area (Å²) in [5, 5.41) is 4.20. The number of amides is 1. The van der Waals surface area contributed by atoms with Crippen LogP contribution >= 0.6 is 11.6 Å². The lowest BCUT2D eigenvalue weighted by Crippen LogP contribution is -2.17. The fourth-order valence-corrected chi connectivity index (χ4v) is 3.95. The summed E-state index contributed by atoms with van der Waals surface area (Å²) in [6.45, 7) is 0. The maximum absolute atomic E-state index is 12.5. The highest BCUT2D eigenvalue weighted by atomic mass is 35.5. The smallest absolute Gasteiger partial charge is 0.272 e. The normalized spacial score (nSPS) is 11.4. The van der Waals surface area contributed by atoms with Crippen LogP contribution < -0.4 is 10.1 Å². The summed E-state index contributed by atoms with van der Waals surface area (Å²) >= 11 is 5.99. The summed E-state index contributed by atoms with van der Waals surface area (Å²) in [4.78, 5) is 19.9. The van der Waals surface area contributed by atoms with Gasteiger partial charge in [0.25, 0.3) is 15.9 Å². The number of halogens is 1. The molecule has 11 heteroatoms. The van der Waals surface area contributed by atoms with Gasteiger partial charge in [-0.15, -0.1) is 0 Å².